The van der Waals surface area contributed by atoms with Gasteiger partial charge in [0.05, 0.1) is 11.2 Å². The molecule has 0 aliphatic rings. The van der Waals surface area contributed by atoms with Crippen LogP contribution in [-0.4, -0.2) is 21.1 Å². The maximum atomic E-state index is 12.9. The first-order valence-electron chi connectivity index (χ1n) is 7.57. The molecule has 0 saturated carbocycles. The maximum Gasteiger partial charge on any atom is 0.336 e. The van der Waals surface area contributed by atoms with Crippen molar-refractivity contribution in [1.29, 1.82) is 0 Å². The number of amides is 1. The van der Waals surface area contributed by atoms with Crippen molar-refractivity contribution in [3.63, 3.8) is 0 Å². The Balaban J connectivity index is 2.22. The SMILES string of the molecule is CC(C)NC(=O)Cn1c(=O)n(-c2ccccc2)c(=O)c2sccc21. The molecule has 0 atom stereocenters. The fourth-order valence-corrected chi connectivity index (χ4v) is 3.38. The average molecular weight is 343 g/mol. The molecule has 6 nitrogen and oxygen atoms in total. The molecular weight excluding hydrogens is 326 g/mol. The van der Waals surface area contributed by atoms with Crippen LogP contribution in [0.4, 0.5) is 0 Å². The molecule has 24 heavy (non-hydrogen) atoms. The molecule has 2 aromatic heterocycles. The standard InChI is InChI=1S/C17H17N3O3S/c1-11(2)18-14(21)10-19-13-8-9-24-15(13)16(22)20(17(19)23)12-6-4-3-5-7-12/h3-9,11H,10H2,1-2H3,(H,18,21). The van der Waals surface area contributed by atoms with Crippen molar-refractivity contribution in [1.82, 2.24) is 14.5 Å². The molecule has 0 aliphatic heterocycles. The molecule has 0 radical (unpaired) electrons. The lowest BCUT2D eigenvalue weighted by molar-refractivity contribution is -0.122. The van der Waals surface area contributed by atoms with Crippen molar-refractivity contribution >= 4 is 27.5 Å². The Hall–Kier alpha value is -2.67. The van der Waals surface area contributed by atoms with Crippen LogP contribution in [0.25, 0.3) is 15.9 Å². The third-order valence-electron chi connectivity index (χ3n) is 3.52. The lowest BCUT2D eigenvalue weighted by Crippen LogP contribution is -2.42. The number of carbonyl (C=O) groups excluding carboxylic acids is 1. The highest BCUT2D eigenvalue weighted by atomic mass is 32.1. The summed E-state index contributed by atoms with van der Waals surface area (Å²) in [7, 11) is 0. The largest absolute Gasteiger partial charge is 0.352 e. The minimum absolute atomic E-state index is 0.0220. The molecule has 0 unspecified atom stereocenters. The van der Waals surface area contributed by atoms with Crippen LogP contribution >= 0.6 is 11.3 Å². The van der Waals surface area contributed by atoms with Gasteiger partial charge in [-0.15, -0.1) is 11.3 Å². The van der Waals surface area contributed by atoms with E-state index in [1.807, 2.05) is 19.9 Å². The van der Waals surface area contributed by atoms with Gasteiger partial charge in [-0.05, 0) is 37.4 Å². The molecule has 2 heterocycles. The van der Waals surface area contributed by atoms with E-state index in [0.29, 0.717) is 15.9 Å². The number of hydrogen-bond acceptors (Lipinski definition) is 4. The van der Waals surface area contributed by atoms with E-state index in [4.69, 9.17) is 0 Å². The predicted molar refractivity (Wildman–Crippen MR) is 95.0 cm³/mol. The second-order valence-electron chi connectivity index (χ2n) is 5.70. The van der Waals surface area contributed by atoms with Gasteiger partial charge in [0, 0.05) is 6.04 Å². The highest BCUT2D eigenvalue weighted by Crippen LogP contribution is 2.16. The van der Waals surface area contributed by atoms with Crippen LogP contribution in [0, 0.1) is 0 Å². The molecule has 0 bridgehead atoms. The van der Waals surface area contributed by atoms with Gasteiger partial charge >= 0.3 is 5.69 Å². The van der Waals surface area contributed by atoms with E-state index in [1.165, 1.54) is 15.9 Å². The van der Waals surface area contributed by atoms with E-state index in [-0.39, 0.29) is 24.1 Å². The molecule has 124 valence electrons. The third-order valence-corrected chi connectivity index (χ3v) is 4.41. The van der Waals surface area contributed by atoms with Crippen molar-refractivity contribution in [2.45, 2.75) is 26.4 Å². The highest BCUT2D eigenvalue weighted by molar-refractivity contribution is 7.17. The van der Waals surface area contributed by atoms with Gasteiger partial charge in [-0.1, -0.05) is 18.2 Å². The molecular formula is C17H17N3O3S. The molecule has 0 fully saturated rings. The summed E-state index contributed by atoms with van der Waals surface area (Å²) in [4.78, 5) is 37.7. The molecule has 1 aromatic carbocycles. The van der Waals surface area contributed by atoms with Gasteiger partial charge in [0.2, 0.25) is 5.91 Å². The van der Waals surface area contributed by atoms with Gasteiger partial charge in [0.1, 0.15) is 11.2 Å². The predicted octanol–water partition coefficient (Wildman–Crippen LogP) is 1.74. The van der Waals surface area contributed by atoms with E-state index >= 15 is 0 Å². The van der Waals surface area contributed by atoms with Crippen molar-refractivity contribution in [3.05, 3.63) is 62.6 Å². The highest BCUT2D eigenvalue weighted by Gasteiger charge is 2.17. The lowest BCUT2D eigenvalue weighted by atomic mass is 10.3. The van der Waals surface area contributed by atoms with Gasteiger partial charge in [0.15, 0.2) is 0 Å². The first kappa shape index (κ1) is 16.2. The van der Waals surface area contributed by atoms with Crippen molar-refractivity contribution < 1.29 is 4.79 Å². The number of hydrogen-bond donors (Lipinski definition) is 1. The lowest BCUT2D eigenvalue weighted by Gasteiger charge is -2.13. The Morgan fingerprint density at radius 3 is 2.54 bits per heavy atom. The second kappa shape index (κ2) is 6.45. The quantitative estimate of drug-likeness (QED) is 0.784. The smallest absolute Gasteiger partial charge is 0.336 e. The molecule has 1 amide bonds. The Kier molecular flexibility index (Phi) is 4.35. The first-order valence-corrected chi connectivity index (χ1v) is 8.45. The average Bonchev–Trinajstić information content (AvgIpc) is 3.02. The number of rotatable bonds is 4. The van der Waals surface area contributed by atoms with Gasteiger partial charge in [-0.25, -0.2) is 9.36 Å². The molecule has 0 spiro atoms. The number of nitrogens with zero attached hydrogens (tertiary/aromatic N) is 2. The van der Waals surface area contributed by atoms with Crippen LogP contribution in [0.1, 0.15) is 13.8 Å². The summed E-state index contributed by atoms with van der Waals surface area (Å²) in [5.74, 6) is -0.266. The summed E-state index contributed by atoms with van der Waals surface area (Å²) >= 11 is 1.26. The number of thiophene rings is 1. The van der Waals surface area contributed by atoms with Crippen molar-refractivity contribution in [2.24, 2.45) is 0 Å². The van der Waals surface area contributed by atoms with E-state index in [1.54, 1.807) is 35.7 Å². The third kappa shape index (κ3) is 2.90. The zero-order chi connectivity index (χ0) is 17.3. The summed E-state index contributed by atoms with van der Waals surface area (Å²) in [6, 6.07) is 10.4. The first-order chi connectivity index (χ1) is 11.5. The second-order valence-corrected chi connectivity index (χ2v) is 6.62. The van der Waals surface area contributed by atoms with Crippen LogP contribution in [-0.2, 0) is 11.3 Å². The summed E-state index contributed by atoms with van der Waals surface area (Å²) in [6.45, 7) is 3.58. The van der Waals surface area contributed by atoms with Crippen LogP contribution in [0.3, 0.4) is 0 Å². The van der Waals surface area contributed by atoms with Gasteiger partial charge in [-0.2, -0.15) is 0 Å². The number of aromatic nitrogens is 2. The van der Waals surface area contributed by atoms with E-state index in [2.05, 4.69) is 5.32 Å². The van der Waals surface area contributed by atoms with Crippen molar-refractivity contribution in [3.8, 4) is 5.69 Å². The Morgan fingerprint density at radius 1 is 1.17 bits per heavy atom. The van der Waals surface area contributed by atoms with E-state index < -0.39 is 5.69 Å². The molecule has 3 aromatic rings. The zero-order valence-electron chi connectivity index (χ0n) is 13.4. The number of fused-ring (bicyclic) bond motifs is 1. The molecule has 0 aliphatic carbocycles. The molecule has 0 saturated heterocycles. The van der Waals surface area contributed by atoms with Crippen LogP contribution in [0.15, 0.2) is 51.4 Å². The molecule has 1 N–H and O–H groups in total. The Bertz CT molecular complexity index is 999. The van der Waals surface area contributed by atoms with E-state index in [9.17, 15) is 14.4 Å². The number of carbonyl (C=O) groups is 1. The summed E-state index contributed by atoms with van der Waals surface area (Å²) in [5.41, 5.74) is 0.0922. The monoisotopic (exact) mass is 343 g/mol. The fraction of sp³-hybridized carbons (Fsp3) is 0.235. The summed E-state index contributed by atoms with van der Waals surface area (Å²) in [5, 5.41) is 4.51. The van der Waals surface area contributed by atoms with Crippen LogP contribution in [0.5, 0.6) is 0 Å². The molecule has 7 heteroatoms. The summed E-state index contributed by atoms with van der Waals surface area (Å²) in [6.07, 6.45) is 0. The normalized spacial score (nSPS) is 11.1. The van der Waals surface area contributed by atoms with Crippen LogP contribution < -0.4 is 16.6 Å². The fourth-order valence-electron chi connectivity index (χ4n) is 2.56. The number of para-hydroxylation sites is 1. The maximum absolute atomic E-state index is 12.9. The minimum Gasteiger partial charge on any atom is -0.352 e. The van der Waals surface area contributed by atoms with Crippen LogP contribution in [0.2, 0.25) is 0 Å². The number of nitrogens with one attached hydrogen (secondary N) is 1. The zero-order valence-corrected chi connectivity index (χ0v) is 14.2. The Labute approximate surface area is 142 Å². The van der Waals surface area contributed by atoms with Gasteiger partial charge in [-0.3, -0.25) is 14.2 Å². The minimum atomic E-state index is -0.518. The Morgan fingerprint density at radius 2 is 1.88 bits per heavy atom. The van der Waals surface area contributed by atoms with Gasteiger partial charge in [0.25, 0.3) is 5.56 Å². The van der Waals surface area contributed by atoms with Crippen molar-refractivity contribution in [2.75, 3.05) is 0 Å². The van der Waals surface area contributed by atoms with E-state index in [0.717, 1.165) is 4.57 Å². The topological polar surface area (TPSA) is 73.1 Å². The summed E-state index contributed by atoms with van der Waals surface area (Å²) < 4.78 is 2.91. The molecule has 3 rings (SSSR count). The van der Waals surface area contributed by atoms with Gasteiger partial charge < -0.3 is 5.32 Å². The number of benzene rings is 1.